The van der Waals surface area contributed by atoms with E-state index in [1.165, 1.54) is 0 Å². The summed E-state index contributed by atoms with van der Waals surface area (Å²) >= 11 is 5.94. The Morgan fingerprint density at radius 1 is 1.25 bits per heavy atom. The van der Waals surface area contributed by atoms with Crippen LogP contribution >= 0.6 is 11.6 Å². The largest absolute Gasteiger partial charge is 0.482 e. The number of hydrogen-bond donors (Lipinski definition) is 2. The van der Waals surface area contributed by atoms with Gasteiger partial charge in [0.15, 0.2) is 6.61 Å². The molecule has 0 unspecified atom stereocenters. The molecule has 0 aliphatic carbocycles. The summed E-state index contributed by atoms with van der Waals surface area (Å²) in [6.07, 6.45) is 0. The van der Waals surface area contributed by atoms with E-state index < -0.39 is 0 Å². The van der Waals surface area contributed by atoms with Crippen LogP contribution in [0.1, 0.15) is 5.56 Å². The summed E-state index contributed by atoms with van der Waals surface area (Å²) < 4.78 is 5.37. The van der Waals surface area contributed by atoms with Gasteiger partial charge in [-0.25, -0.2) is 0 Å². The van der Waals surface area contributed by atoms with Crippen molar-refractivity contribution in [3.63, 3.8) is 0 Å². The Labute approximate surface area is 122 Å². The minimum atomic E-state index is -0.265. The number of nitrogens with one attached hydrogen (secondary N) is 1. The van der Waals surface area contributed by atoms with Gasteiger partial charge >= 0.3 is 0 Å². The quantitative estimate of drug-likeness (QED) is 0.850. The first-order valence-electron chi connectivity index (χ1n) is 6.10. The first kappa shape index (κ1) is 14.2. The second-order valence-electron chi connectivity index (χ2n) is 4.29. The molecule has 4 nitrogen and oxygen atoms in total. The average molecular weight is 291 g/mol. The lowest BCUT2D eigenvalue weighted by atomic mass is 10.1. The second-order valence-corrected chi connectivity index (χ2v) is 4.69. The van der Waals surface area contributed by atoms with Gasteiger partial charge in [-0.15, -0.1) is 0 Å². The van der Waals surface area contributed by atoms with E-state index in [0.29, 0.717) is 22.1 Å². The molecule has 0 radical (unpaired) electrons. The van der Waals surface area contributed by atoms with E-state index in [-0.39, 0.29) is 12.5 Å². The normalized spacial score (nSPS) is 10.1. The molecule has 104 valence electrons. The summed E-state index contributed by atoms with van der Waals surface area (Å²) in [5, 5.41) is 3.23. The Kier molecular flexibility index (Phi) is 4.48. The van der Waals surface area contributed by atoms with Crippen molar-refractivity contribution in [1.82, 2.24) is 0 Å². The number of ether oxygens (including phenoxy) is 1. The third kappa shape index (κ3) is 3.42. The Morgan fingerprint density at radius 2 is 2.00 bits per heavy atom. The predicted octanol–water partition coefficient (Wildman–Crippen LogP) is 3.25. The molecule has 0 heterocycles. The molecule has 2 aromatic rings. The van der Waals surface area contributed by atoms with E-state index in [1.807, 2.05) is 6.92 Å². The van der Waals surface area contributed by atoms with E-state index in [0.717, 1.165) is 5.56 Å². The number of rotatable bonds is 4. The number of anilines is 2. The lowest BCUT2D eigenvalue weighted by Crippen LogP contribution is -2.20. The topological polar surface area (TPSA) is 64.3 Å². The maximum absolute atomic E-state index is 11.8. The smallest absolute Gasteiger partial charge is 0.262 e. The zero-order chi connectivity index (χ0) is 14.5. The van der Waals surface area contributed by atoms with Crippen LogP contribution in [0.25, 0.3) is 0 Å². The van der Waals surface area contributed by atoms with Crippen molar-refractivity contribution in [2.75, 3.05) is 17.7 Å². The molecule has 2 rings (SSSR count). The molecule has 5 heteroatoms. The fraction of sp³-hybridized carbons (Fsp3) is 0.133. The highest BCUT2D eigenvalue weighted by molar-refractivity contribution is 6.32. The van der Waals surface area contributed by atoms with Gasteiger partial charge in [0.25, 0.3) is 5.91 Å². The van der Waals surface area contributed by atoms with Crippen LogP contribution in [-0.2, 0) is 4.79 Å². The number of nitrogen functional groups attached to an aromatic ring is 1. The van der Waals surface area contributed by atoms with Crippen LogP contribution in [-0.4, -0.2) is 12.5 Å². The van der Waals surface area contributed by atoms with Gasteiger partial charge in [-0.1, -0.05) is 29.8 Å². The van der Waals surface area contributed by atoms with Gasteiger partial charge < -0.3 is 15.8 Å². The van der Waals surface area contributed by atoms with Gasteiger partial charge in [-0.2, -0.15) is 0 Å². The SMILES string of the molecule is Cc1c(N)cccc1NC(=O)COc1ccccc1Cl. The Morgan fingerprint density at radius 3 is 2.75 bits per heavy atom. The van der Waals surface area contributed by atoms with Gasteiger partial charge in [-0.3, -0.25) is 4.79 Å². The number of nitrogens with two attached hydrogens (primary N) is 1. The van der Waals surface area contributed by atoms with Gasteiger partial charge in [0.1, 0.15) is 5.75 Å². The third-order valence-corrected chi connectivity index (χ3v) is 3.16. The maximum atomic E-state index is 11.8. The monoisotopic (exact) mass is 290 g/mol. The molecule has 0 bridgehead atoms. The summed E-state index contributed by atoms with van der Waals surface area (Å²) in [4.78, 5) is 11.8. The first-order valence-corrected chi connectivity index (χ1v) is 6.48. The molecule has 0 atom stereocenters. The van der Waals surface area contributed by atoms with E-state index in [2.05, 4.69) is 5.32 Å². The van der Waals surface area contributed by atoms with Crippen LogP contribution in [0.4, 0.5) is 11.4 Å². The van der Waals surface area contributed by atoms with Gasteiger partial charge in [0.05, 0.1) is 5.02 Å². The van der Waals surface area contributed by atoms with Crippen LogP contribution in [0, 0.1) is 6.92 Å². The van der Waals surface area contributed by atoms with Crippen molar-refractivity contribution in [2.24, 2.45) is 0 Å². The summed E-state index contributed by atoms with van der Waals surface area (Å²) in [5.41, 5.74) is 7.93. The van der Waals surface area contributed by atoms with Crippen molar-refractivity contribution in [3.8, 4) is 5.75 Å². The number of carbonyl (C=O) groups excluding carboxylic acids is 1. The number of para-hydroxylation sites is 1. The van der Waals surface area contributed by atoms with E-state index >= 15 is 0 Å². The molecule has 0 aliphatic rings. The fourth-order valence-electron chi connectivity index (χ4n) is 1.68. The second kappa shape index (κ2) is 6.30. The van der Waals surface area contributed by atoms with Crippen molar-refractivity contribution in [2.45, 2.75) is 6.92 Å². The van der Waals surface area contributed by atoms with Crippen LogP contribution in [0.3, 0.4) is 0 Å². The summed E-state index contributed by atoms with van der Waals surface area (Å²) in [6, 6.07) is 12.4. The maximum Gasteiger partial charge on any atom is 0.262 e. The van der Waals surface area contributed by atoms with Gasteiger partial charge in [-0.05, 0) is 36.8 Å². The Bertz CT molecular complexity index is 629. The minimum Gasteiger partial charge on any atom is -0.482 e. The number of halogens is 1. The molecule has 1 amide bonds. The Hall–Kier alpha value is -2.20. The number of benzene rings is 2. The van der Waals surface area contributed by atoms with Crippen LogP contribution in [0.5, 0.6) is 5.75 Å². The summed E-state index contributed by atoms with van der Waals surface area (Å²) in [6.45, 7) is 1.73. The highest BCUT2D eigenvalue weighted by Gasteiger charge is 2.08. The molecule has 3 N–H and O–H groups in total. The lowest BCUT2D eigenvalue weighted by molar-refractivity contribution is -0.118. The van der Waals surface area contributed by atoms with Gasteiger partial charge in [0.2, 0.25) is 0 Å². The molecule has 0 saturated carbocycles. The van der Waals surface area contributed by atoms with E-state index in [1.54, 1.807) is 42.5 Å². The highest BCUT2D eigenvalue weighted by atomic mass is 35.5. The molecular weight excluding hydrogens is 276 g/mol. The molecule has 0 spiro atoms. The number of amides is 1. The van der Waals surface area contributed by atoms with Crippen LogP contribution in [0.2, 0.25) is 5.02 Å². The Balaban J connectivity index is 1.96. The van der Waals surface area contributed by atoms with E-state index in [9.17, 15) is 4.79 Å². The molecule has 0 fully saturated rings. The molecular formula is C15H15ClN2O2. The van der Waals surface area contributed by atoms with E-state index in [4.69, 9.17) is 22.1 Å². The summed E-state index contributed by atoms with van der Waals surface area (Å²) in [7, 11) is 0. The molecule has 0 aromatic heterocycles. The standard InChI is InChI=1S/C15H15ClN2O2/c1-10-12(17)6-4-7-13(10)18-15(19)9-20-14-8-3-2-5-11(14)16/h2-8H,9,17H2,1H3,(H,18,19). The average Bonchev–Trinajstić information content (AvgIpc) is 2.43. The van der Waals surface area contributed by atoms with Crippen molar-refractivity contribution < 1.29 is 9.53 Å². The molecule has 20 heavy (non-hydrogen) atoms. The van der Waals surface area contributed by atoms with Gasteiger partial charge in [0, 0.05) is 11.4 Å². The first-order chi connectivity index (χ1) is 9.58. The zero-order valence-electron chi connectivity index (χ0n) is 11.0. The number of hydrogen-bond acceptors (Lipinski definition) is 3. The molecule has 2 aromatic carbocycles. The molecule has 0 saturated heterocycles. The fourth-order valence-corrected chi connectivity index (χ4v) is 1.87. The minimum absolute atomic E-state index is 0.113. The lowest BCUT2D eigenvalue weighted by Gasteiger charge is -2.11. The van der Waals surface area contributed by atoms with Crippen molar-refractivity contribution in [3.05, 3.63) is 53.1 Å². The summed E-state index contributed by atoms with van der Waals surface area (Å²) in [5.74, 6) is 0.215. The molecule has 0 aliphatic heterocycles. The number of carbonyl (C=O) groups is 1. The zero-order valence-corrected chi connectivity index (χ0v) is 11.8. The van der Waals surface area contributed by atoms with Crippen LogP contribution in [0.15, 0.2) is 42.5 Å². The third-order valence-electron chi connectivity index (χ3n) is 2.85. The predicted molar refractivity (Wildman–Crippen MR) is 81.2 cm³/mol. The van der Waals surface area contributed by atoms with Crippen molar-refractivity contribution in [1.29, 1.82) is 0 Å². The highest BCUT2D eigenvalue weighted by Crippen LogP contribution is 2.23. The van der Waals surface area contributed by atoms with Crippen LogP contribution < -0.4 is 15.8 Å². The van der Waals surface area contributed by atoms with Crippen molar-refractivity contribution >= 4 is 28.9 Å².